The molecule has 132 valence electrons. The monoisotopic (exact) mass is 351 g/mol. The van der Waals surface area contributed by atoms with Crippen molar-refractivity contribution >= 4 is 22.3 Å². The molecule has 0 heterocycles. The number of benzene rings is 1. The predicted molar refractivity (Wildman–Crippen MR) is 95.2 cm³/mol. The second-order valence-electron chi connectivity index (χ2n) is 6.80. The largest absolute Gasteiger partial charge is 0.481 e. The first kappa shape index (κ1) is 18.4. The highest BCUT2D eigenvalue weighted by Crippen LogP contribution is 2.64. The Morgan fingerprint density at radius 1 is 1.33 bits per heavy atom. The summed E-state index contributed by atoms with van der Waals surface area (Å²) in [5.74, 6) is 0.505. The molecule has 6 nitrogen and oxygen atoms in total. The SMILES string of the molecule is CCOC(=N)[C@@H]1[C@@H](c2ccc(S(=O)(=O)N=CN(C)C)cc2)C1(C)C. The molecule has 24 heavy (non-hydrogen) atoms. The van der Waals surface area contributed by atoms with Crippen molar-refractivity contribution in [2.75, 3.05) is 20.7 Å². The Morgan fingerprint density at radius 3 is 2.42 bits per heavy atom. The number of sulfonamides is 1. The van der Waals surface area contributed by atoms with E-state index in [1.807, 2.05) is 19.1 Å². The number of nitrogens with zero attached hydrogens (tertiary/aromatic N) is 2. The highest BCUT2D eigenvalue weighted by Gasteiger charge is 2.61. The van der Waals surface area contributed by atoms with Gasteiger partial charge in [-0.3, -0.25) is 5.41 Å². The van der Waals surface area contributed by atoms with Gasteiger partial charge >= 0.3 is 0 Å². The summed E-state index contributed by atoms with van der Waals surface area (Å²) in [6.45, 7) is 6.55. The second kappa shape index (κ2) is 6.55. The molecular weight excluding hydrogens is 326 g/mol. The Morgan fingerprint density at radius 2 is 1.92 bits per heavy atom. The molecule has 0 radical (unpaired) electrons. The first-order chi connectivity index (χ1) is 11.1. The average Bonchev–Trinajstić information content (AvgIpc) is 3.08. The maximum absolute atomic E-state index is 12.1. The van der Waals surface area contributed by atoms with Gasteiger partial charge in [0.2, 0.25) is 0 Å². The van der Waals surface area contributed by atoms with Crippen molar-refractivity contribution in [3.05, 3.63) is 29.8 Å². The minimum absolute atomic E-state index is 0.0340. The van der Waals surface area contributed by atoms with Gasteiger partial charge in [-0.05, 0) is 30.0 Å². The summed E-state index contributed by atoms with van der Waals surface area (Å²) in [5, 5.41) is 8.04. The summed E-state index contributed by atoms with van der Waals surface area (Å²) in [7, 11) is -0.258. The molecule has 0 spiro atoms. The van der Waals surface area contributed by atoms with Gasteiger partial charge in [0.05, 0.1) is 11.5 Å². The summed E-state index contributed by atoms with van der Waals surface area (Å²) in [4.78, 5) is 1.74. The van der Waals surface area contributed by atoms with Crippen LogP contribution in [-0.4, -0.2) is 46.3 Å². The fourth-order valence-electron chi connectivity index (χ4n) is 3.06. The molecule has 0 bridgehead atoms. The van der Waals surface area contributed by atoms with Crippen LogP contribution < -0.4 is 0 Å². The van der Waals surface area contributed by atoms with Crippen LogP contribution >= 0.6 is 0 Å². The molecule has 0 aliphatic heterocycles. The fraction of sp³-hybridized carbons (Fsp3) is 0.529. The lowest BCUT2D eigenvalue weighted by atomic mass is 10.0. The normalized spacial score (nSPS) is 22.4. The van der Waals surface area contributed by atoms with Crippen molar-refractivity contribution < 1.29 is 13.2 Å². The van der Waals surface area contributed by atoms with Crippen LogP contribution in [0.1, 0.15) is 32.3 Å². The van der Waals surface area contributed by atoms with Crippen LogP contribution in [0.4, 0.5) is 0 Å². The van der Waals surface area contributed by atoms with Crippen LogP contribution in [0.3, 0.4) is 0 Å². The zero-order valence-electron chi connectivity index (χ0n) is 14.8. The quantitative estimate of drug-likeness (QED) is 0.631. The minimum Gasteiger partial charge on any atom is -0.481 e. The van der Waals surface area contributed by atoms with Gasteiger partial charge in [0, 0.05) is 25.9 Å². The molecule has 0 amide bonds. The molecule has 1 fully saturated rings. The third kappa shape index (κ3) is 3.61. The van der Waals surface area contributed by atoms with E-state index in [1.54, 1.807) is 31.1 Å². The summed E-state index contributed by atoms with van der Waals surface area (Å²) < 4.78 is 33.3. The summed E-state index contributed by atoms with van der Waals surface area (Å²) in [6.07, 6.45) is 1.27. The van der Waals surface area contributed by atoms with E-state index in [0.29, 0.717) is 12.5 Å². The van der Waals surface area contributed by atoms with E-state index in [0.717, 1.165) is 5.56 Å². The van der Waals surface area contributed by atoms with Crippen molar-refractivity contribution in [1.82, 2.24) is 4.90 Å². The van der Waals surface area contributed by atoms with E-state index >= 15 is 0 Å². The fourth-order valence-corrected chi connectivity index (χ4v) is 3.97. The van der Waals surface area contributed by atoms with Crippen LogP contribution in [0.2, 0.25) is 0 Å². The molecule has 1 saturated carbocycles. The zero-order chi connectivity index (χ0) is 18.1. The van der Waals surface area contributed by atoms with Gasteiger partial charge in [-0.2, -0.15) is 8.42 Å². The van der Waals surface area contributed by atoms with Crippen molar-refractivity contribution in [3.63, 3.8) is 0 Å². The summed E-state index contributed by atoms with van der Waals surface area (Å²) >= 11 is 0. The van der Waals surface area contributed by atoms with Crippen molar-refractivity contribution in [2.24, 2.45) is 15.7 Å². The molecule has 0 unspecified atom stereocenters. The van der Waals surface area contributed by atoms with E-state index < -0.39 is 10.0 Å². The van der Waals surface area contributed by atoms with Crippen molar-refractivity contribution in [1.29, 1.82) is 5.41 Å². The van der Waals surface area contributed by atoms with Crippen molar-refractivity contribution in [2.45, 2.75) is 31.6 Å². The van der Waals surface area contributed by atoms with Gasteiger partial charge < -0.3 is 9.64 Å². The van der Waals surface area contributed by atoms with Crippen LogP contribution in [0, 0.1) is 16.7 Å². The number of nitrogens with one attached hydrogen (secondary N) is 1. The number of rotatable bonds is 6. The number of hydrogen-bond acceptors (Lipinski definition) is 4. The Balaban J connectivity index is 2.20. The maximum atomic E-state index is 12.1. The lowest BCUT2D eigenvalue weighted by Crippen LogP contribution is -2.10. The van der Waals surface area contributed by atoms with E-state index in [9.17, 15) is 8.42 Å². The van der Waals surface area contributed by atoms with Gasteiger partial charge in [-0.1, -0.05) is 26.0 Å². The molecule has 1 aliphatic carbocycles. The van der Waals surface area contributed by atoms with E-state index in [1.165, 1.54) is 6.34 Å². The minimum atomic E-state index is -3.68. The van der Waals surface area contributed by atoms with Gasteiger partial charge in [0.1, 0.15) is 6.34 Å². The highest BCUT2D eigenvalue weighted by molar-refractivity contribution is 7.90. The van der Waals surface area contributed by atoms with Crippen LogP contribution in [0.25, 0.3) is 0 Å². The molecule has 1 aromatic rings. The van der Waals surface area contributed by atoms with Gasteiger partial charge in [0.15, 0.2) is 5.90 Å². The molecule has 2 rings (SSSR count). The van der Waals surface area contributed by atoms with Crippen molar-refractivity contribution in [3.8, 4) is 0 Å². The Kier molecular flexibility index (Phi) is 5.03. The third-order valence-electron chi connectivity index (χ3n) is 4.36. The molecule has 0 saturated heterocycles. The molecule has 7 heteroatoms. The first-order valence-corrected chi connectivity index (χ1v) is 9.33. The van der Waals surface area contributed by atoms with E-state index in [2.05, 4.69) is 18.2 Å². The Labute approximate surface area is 144 Å². The zero-order valence-corrected chi connectivity index (χ0v) is 15.6. The number of ether oxygens (including phenoxy) is 1. The first-order valence-electron chi connectivity index (χ1n) is 7.89. The second-order valence-corrected chi connectivity index (χ2v) is 8.43. The Bertz CT molecular complexity index is 737. The summed E-state index contributed by atoms with van der Waals surface area (Å²) in [5.41, 5.74) is 0.959. The lowest BCUT2D eigenvalue weighted by molar-refractivity contribution is 0.305. The Hall–Kier alpha value is -1.89. The smallest absolute Gasteiger partial charge is 0.283 e. The topological polar surface area (TPSA) is 82.8 Å². The molecule has 0 aromatic heterocycles. The van der Waals surface area contributed by atoms with Crippen LogP contribution in [0.5, 0.6) is 0 Å². The predicted octanol–water partition coefficient (Wildman–Crippen LogP) is 2.72. The highest BCUT2D eigenvalue weighted by atomic mass is 32.2. The standard InChI is InChI=1S/C17H25N3O3S/c1-6-23-16(18)15-14(17(15,2)3)12-7-9-13(10-8-12)24(21,22)19-11-20(4)5/h7-11,14-15,18H,6H2,1-5H3/t14-,15+/m1/s1. The number of hydrogen-bond donors (Lipinski definition) is 1. The molecule has 1 aromatic carbocycles. The molecule has 1 N–H and O–H groups in total. The lowest BCUT2D eigenvalue weighted by Gasteiger charge is -2.06. The summed E-state index contributed by atoms with van der Waals surface area (Å²) in [6, 6.07) is 6.77. The van der Waals surface area contributed by atoms with Gasteiger partial charge in [0.25, 0.3) is 10.0 Å². The van der Waals surface area contributed by atoms with Crippen LogP contribution in [0.15, 0.2) is 33.6 Å². The molecule has 1 aliphatic rings. The average molecular weight is 351 g/mol. The third-order valence-corrected chi connectivity index (χ3v) is 5.60. The molecular formula is C17H25N3O3S. The van der Waals surface area contributed by atoms with Crippen LogP contribution in [-0.2, 0) is 14.8 Å². The van der Waals surface area contributed by atoms with Gasteiger partial charge in [-0.15, -0.1) is 4.40 Å². The van der Waals surface area contributed by atoms with E-state index in [-0.39, 0.29) is 22.1 Å². The molecule has 2 atom stereocenters. The maximum Gasteiger partial charge on any atom is 0.283 e. The van der Waals surface area contributed by atoms with E-state index in [4.69, 9.17) is 10.1 Å². The van der Waals surface area contributed by atoms with Gasteiger partial charge in [-0.25, -0.2) is 0 Å².